The van der Waals surface area contributed by atoms with Crippen LogP contribution in [-0.2, 0) is 6.54 Å². The number of aromatic nitrogens is 1. The summed E-state index contributed by atoms with van der Waals surface area (Å²) in [6, 6.07) is 14.1. The number of nitrogens with zero attached hydrogens (tertiary/aromatic N) is 1. The number of fused-ring (bicyclic) bond motifs is 5. The molecule has 1 saturated carbocycles. The third kappa shape index (κ3) is 2.98. The van der Waals surface area contributed by atoms with E-state index in [1.807, 2.05) is 12.1 Å². The van der Waals surface area contributed by atoms with E-state index in [9.17, 15) is 9.90 Å². The molecule has 1 spiro atoms. The average molecular weight is 417 g/mol. The molecule has 3 aliphatic rings. The first-order chi connectivity index (χ1) is 15.2. The van der Waals surface area contributed by atoms with Gasteiger partial charge in [0.15, 0.2) is 0 Å². The fraction of sp³-hybridized carbons (Fsp3) is 0.423. The van der Waals surface area contributed by atoms with Crippen molar-refractivity contribution in [2.24, 2.45) is 5.41 Å². The molecule has 2 aromatic carbocycles. The Morgan fingerprint density at radius 3 is 2.65 bits per heavy atom. The van der Waals surface area contributed by atoms with Gasteiger partial charge in [0, 0.05) is 41.5 Å². The lowest BCUT2D eigenvalue weighted by atomic mass is 9.80. The van der Waals surface area contributed by atoms with Crippen LogP contribution in [-0.4, -0.2) is 35.3 Å². The van der Waals surface area contributed by atoms with E-state index in [2.05, 4.69) is 34.1 Å². The highest BCUT2D eigenvalue weighted by atomic mass is 16.5. The number of carboxylic acids is 1. The van der Waals surface area contributed by atoms with E-state index in [4.69, 9.17) is 4.74 Å². The Hall–Kier alpha value is -2.79. The molecule has 160 valence electrons. The lowest BCUT2D eigenvalue weighted by Crippen LogP contribution is -2.59. The van der Waals surface area contributed by atoms with Crippen LogP contribution >= 0.6 is 0 Å². The van der Waals surface area contributed by atoms with Gasteiger partial charge in [-0.1, -0.05) is 37.5 Å². The summed E-state index contributed by atoms with van der Waals surface area (Å²) in [7, 11) is 0. The number of aromatic carboxylic acids is 1. The van der Waals surface area contributed by atoms with Crippen LogP contribution in [0.4, 0.5) is 0 Å². The maximum Gasteiger partial charge on any atom is 0.335 e. The molecule has 0 unspecified atom stereocenters. The largest absolute Gasteiger partial charge is 0.492 e. The second kappa shape index (κ2) is 7.13. The van der Waals surface area contributed by atoms with Gasteiger partial charge in [0.1, 0.15) is 5.75 Å². The molecule has 0 radical (unpaired) electrons. The molecule has 2 aliphatic heterocycles. The molecule has 5 nitrogen and oxygen atoms in total. The lowest BCUT2D eigenvalue weighted by Gasteiger charge is -2.44. The molecule has 3 heterocycles. The van der Waals surface area contributed by atoms with Crippen molar-refractivity contribution in [1.82, 2.24) is 9.88 Å². The molecular formula is C26H28N2O3. The van der Waals surface area contributed by atoms with Gasteiger partial charge in [-0.3, -0.25) is 0 Å². The number of para-hydroxylation sites is 1. The monoisotopic (exact) mass is 416 g/mol. The predicted molar refractivity (Wildman–Crippen MR) is 121 cm³/mol. The van der Waals surface area contributed by atoms with Crippen molar-refractivity contribution in [3.63, 3.8) is 0 Å². The van der Waals surface area contributed by atoms with E-state index in [0.29, 0.717) is 18.1 Å². The zero-order valence-corrected chi connectivity index (χ0v) is 17.7. The molecule has 1 aliphatic carbocycles. The second-order valence-corrected chi connectivity index (χ2v) is 9.61. The molecule has 31 heavy (non-hydrogen) atoms. The van der Waals surface area contributed by atoms with Crippen molar-refractivity contribution in [3.05, 3.63) is 53.6 Å². The molecule has 0 amide bonds. The Kier molecular flexibility index (Phi) is 4.35. The summed E-state index contributed by atoms with van der Waals surface area (Å²) in [5.41, 5.74) is 5.22. The fourth-order valence-corrected chi connectivity index (χ4v) is 5.86. The Labute approximate surface area is 182 Å². The van der Waals surface area contributed by atoms with Crippen LogP contribution in [0.1, 0.15) is 53.9 Å². The molecule has 1 aromatic heterocycles. The normalized spacial score (nSPS) is 20.3. The minimum atomic E-state index is -0.869. The van der Waals surface area contributed by atoms with Crippen molar-refractivity contribution in [1.29, 1.82) is 0 Å². The first kappa shape index (κ1) is 18.9. The smallest absolute Gasteiger partial charge is 0.335 e. The molecule has 6 rings (SSSR count). The Bertz CT molecular complexity index is 1170. The van der Waals surface area contributed by atoms with E-state index in [1.54, 1.807) is 6.07 Å². The average Bonchev–Trinajstić information content (AvgIpc) is 3.07. The highest BCUT2D eigenvalue weighted by Crippen LogP contribution is 2.48. The van der Waals surface area contributed by atoms with Crippen LogP contribution in [0.25, 0.3) is 22.2 Å². The topological polar surface area (TPSA) is 63.5 Å². The zero-order valence-electron chi connectivity index (χ0n) is 17.7. The second-order valence-electron chi connectivity index (χ2n) is 9.61. The number of hydrogen-bond acceptors (Lipinski definition) is 3. The summed E-state index contributed by atoms with van der Waals surface area (Å²) in [5.74, 6) is 0.574. The molecule has 2 fully saturated rings. The predicted octanol–water partition coefficient (Wildman–Crippen LogP) is 5.04. The molecular weight excluding hydrogens is 388 g/mol. The van der Waals surface area contributed by atoms with Crippen LogP contribution in [0.2, 0.25) is 0 Å². The highest BCUT2D eigenvalue weighted by Gasteiger charge is 2.41. The number of nitrogens with one attached hydrogen (secondary N) is 1. The van der Waals surface area contributed by atoms with Gasteiger partial charge in [-0.25, -0.2) is 4.79 Å². The van der Waals surface area contributed by atoms with Gasteiger partial charge in [-0.15, -0.1) is 0 Å². The minimum absolute atomic E-state index is 0.0390. The third-order valence-corrected chi connectivity index (χ3v) is 7.53. The summed E-state index contributed by atoms with van der Waals surface area (Å²) >= 11 is 0. The summed E-state index contributed by atoms with van der Waals surface area (Å²) < 4.78 is 8.82. The zero-order chi connectivity index (χ0) is 21.0. The maximum atomic E-state index is 11.8. The van der Waals surface area contributed by atoms with Crippen LogP contribution in [0.15, 0.2) is 42.5 Å². The number of carboxylic acid groups (broad SMARTS) is 1. The van der Waals surface area contributed by atoms with Crippen LogP contribution in [0, 0.1) is 5.41 Å². The molecule has 2 N–H and O–H groups in total. The summed E-state index contributed by atoms with van der Waals surface area (Å²) in [6.07, 6.45) is 6.22. The lowest BCUT2D eigenvalue weighted by molar-refractivity contribution is 0.0635. The first-order valence-corrected chi connectivity index (χ1v) is 11.5. The molecule has 5 heteroatoms. The van der Waals surface area contributed by atoms with Crippen LogP contribution in [0.5, 0.6) is 5.75 Å². The highest BCUT2D eigenvalue weighted by molar-refractivity contribution is 5.98. The Morgan fingerprint density at radius 2 is 1.90 bits per heavy atom. The van der Waals surface area contributed by atoms with Crippen LogP contribution in [0.3, 0.4) is 0 Å². The van der Waals surface area contributed by atoms with E-state index in [0.717, 1.165) is 36.5 Å². The quantitative estimate of drug-likeness (QED) is 0.615. The van der Waals surface area contributed by atoms with E-state index < -0.39 is 5.97 Å². The van der Waals surface area contributed by atoms with E-state index in [-0.39, 0.29) is 5.41 Å². The molecule has 3 aromatic rings. The van der Waals surface area contributed by atoms with Gasteiger partial charge in [0.25, 0.3) is 0 Å². The minimum Gasteiger partial charge on any atom is -0.492 e. The van der Waals surface area contributed by atoms with Gasteiger partial charge in [-0.05, 0) is 48.6 Å². The van der Waals surface area contributed by atoms with E-state index in [1.165, 1.54) is 48.7 Å². The van der Waals surface area contributed by atoms with Crippen molar-refractivity contribution in [2.45, 2.75) is 44.6 Å². The van der Waals surface area contributed by atoms with Gasteiger partial charge in [0.05, 0.1) is 17.9 Å². The van der Waals surface area contributed by atoms with E-state index >= 15 is 0 Å². The third-order valence-electron chi connectivity index (χ3n) is 7.53. The van der Waals surface area contributed by atoms with Crippen LogP contribution < -0.4 is 10.1 Å². The number of hydrogen-bond donors (Lipinski definition) is 2. The number of ether oxygens (including phenoxy) is 1. The summed E-state index contributed by atoms with van der Waals surface area (Å²) in [6.45, 7) is 3.36. The van der Waals surface area contributed by atoms with Crippen molar-refractivity contribution < 1.29 is 14.6 Å². The van der Waals surface area contributed by atoms with Gasteiger partial charge in [-0.2, -0.15) is 0 Å². The number of benzene rings is 2. The SMILES string of the molecule is O=C(O)c1ccc2c(C3CCCCC3)c3n(c2c1)CC1(CNC1)COc1ccccc1-3. The van der Waals surface area contributed by atoms with Crippen molar-refractivity contribution in [3.8, 4) is 17.0 Å². The summed E-state index contributed by atoms with van der Waals surface area (Å²) in [4.78, 5) is 11.8. The van der Waals surface area contributed by atoms with Crippen molar-refractivity contribution in [2.75, 3.05) is 19.7 Å². The van der Waals surface area contributed by atoms with Crippen molar-refractivity contribution >= 4 is 16.9 Å². The molecule has 0 atom stereocenters. The standard InChI is InChI=1S/C26H28N2O3/c29-25(30)18-10-11-19-21(12-18)28-15-26(13-27-14-26)16-31-22-9-5-4-8-20(22)24(28)23(19)17-6-2-1-3-7-17/h4-5,8-12,17,27H,1-3,6-7,13-16H2,(H,29,30). The van der Waals surface area contributed by atoms with Gasteiger partial charge in [0.2, 0.25) is 0 Å². The van der Waals surface area contributed by atoms with Gasteiger partial charge < -0.3 is 19.7 Å². The number of rotatable bonds is 2. The Balaban J connectivity index is 1.68. The molecule has 1 saturated heterocycles. The fourth-order valence-electron chi connectivity index (χ4n) is 5.86. The maximum absolute atomic E-state index is 11.8. The first-order valence-electron chi connectivity index (χ1n) is 11.5. The van der Waals surface area contributed by atoms with Gasteiger partial charge >= 0.3 is 5.97 Å². The summed E-state index contributed by atoms with van der Waals surface area (Å²) in [5, 5.41) is 14.3. The Morgan fingerprint density at radius 1 is 1.10 bits per heavy atom. The number of carbonyl (C=O) groups is 1. The molecule has 0 bridgehead atoms.